The van der Waals surface area contributed by atoms with Crippen molar-refractivity contribution in [1.29, 1.82) is 0 Å². The highest BCUT2D eigenvalue weighted by Gasteiger charge is 2.13. The zero-order valence-corrected chi connectivity index (χ0v) is 18.0. The molecule has 0 spiro atoms. The van der Waals surface area contributed by atoms with Crippen LogP contribution in [-0.4, -0.2) is 51.9 Å². The van der Waals surface area contributed by atoms with Crippen molar-refractivity contribution in [3.63, 3.8) is 0 Å². The molecule has 2 aromatic heterocycles. The van der Waals surface area contributed by atoms with Crippen LogP contribution >= 0.6 is 11.6 Å². The molecule has 0 aliphatic carbocycles. The Morgan fingerprint density at radius 3 is 2.84 bits per heavy atom. The Labute approximate surface area is 186 Å². The highest BCUT2D eigenvalue weighted by Crippen LogP contribution is 2.24. The van der Waals surface area contributed by atoms with E-state index in [1.807, 2.05) is 31.4 Å². The third kappa shape index (κ3) is 5.58. The molecule has 1 amide bonds. The summed E-state index contributed by atoms with van der Waals surface area (Å²) >= 11 is 6.45. The van der Waals surface area contributed by atoms with E-state index in [1.165, 1.54) is 6.08 Å². The second-order valence-electron chi connectivity index (χ2n) is 7.38. The molecule has 160 valence electrons. The molecule has 31 heavy (non-hydrogen) atoms. The van der Waals surface area contributed by atoms with Gasteiger partial charge in [-0.15, -0.1) is 0 Å². The minimum absolute atomic E-state index is 0.238. The van der Waals surface area contributed by atoms with E-state index in [1.54, 1.807) is 35.4 Å². The van der Waals surface area contributed by atoms with E-state index < -0.39 is 0 Å². The van der Waals surface area contributed by atoms with Gasteiger partial charge in [0.15, 0.2) is 0 Å². The summed E-state index contributed by atoms with van der Waals surface area (Å²) in [7, 11) is 1.87. The maximum Gasteiger partial charge on any atom is 0.248 e. The minimum atomic E-state index is -0.238. The molecule has 1 aliphatic heterocycles. The molecule has 0 unspecified atom stereocenters. The third-order valence-electron chi connectivity index (χ3n) is 5.10. The molecule has 1 N–H and O–H groups in total. The van der Waals surface area contributed by atoms with E-state index in [9.17, 15) is 4.79 Å². The second-order valence-corrected chi connectivity index (χ2v) is 7.79. The predicted octanol–water partition coefficient (Wildman–Crippen LogP) is 3.62. The number of ether oxygens (including phenoxy) is 1. The van der Waals surface area contributed by atoms with E-state index >= 15 is 0 Å². The molecule has 1 aliphatic rings. The lowest BCUT2D eigenvalue weighted by Gasteiger charge is -2.27. The van der Waals surface area contributed by atoms with Gasteiger partial charge >= 0.3 is 0 Å². The zero-order valence-electron chi connectivity index (χ0n) is 17.3. The molecule has 1 aromatic carbocycles. The molecular formula is C23H24ClN5O2. The van der Waals surface area contributed by atoms with Crippen LogP contribution in [0.4, 0.5) is 5.69 Å². The number of benzene rings is 1. The topological polar surface area (TPSA) is 72.3 Å². The Balaban J connectivity index is 1.41. The lowest BCUT2D eigenvalue weighted by atomic mass is 10.0. The molecule has 1 fully saturated rings. The van der Waals surface area contributed by atoms with E-state index in [0.717, 1.165) is 55.1 Å². The van der Waals surface area contributed by atoms with Gasteiger partial charge in [-0.1, -0.05) is 17.7 Å². The Morgan fingerprint density at radius 2 is 2.10 bits per heavy atom. The molecule has 1 saturated heterocycles. The fourth-order valence-electron chi connectivity index (χ4n) is 3.47. The molecule has 0 saturated carbocycles. The van der Waals surface area contributed by atoms with Crippen LogP contribution in [0.25, 0.3) is 17.2 Å². The minimum Gasteiger partial charge on any atom is -0.379 e. The first-order chi connectivity index (χ1) is 15.1. The number of rotatable bonds is 6. The zero-order chi connectivity index (χ0) is 21.6. The van der Waals surface area contributed by atoms with E-state index in [0.29, 0.717) is 10.7 Å². The molecule has 0 bridgehead atoms. The molecule has 3 heterocycles. The number of morpholine rings is 1. The molecule has 4 rings (SSSR count). The number of aryl methyl sites for hydroxylation is 1. The first-order valence-electron chi connectivity index (χ1n) is 10.1. The average molecular weight is 438 g/mol. The van der Waals surface area contributed by atoms with Crippen molar-refractivity contribution in [3.8, 4) is 11.1 Å². The van der Waals surface area contributed by atoms with Gasteiger partial charge in [0.25, 0.3) is 0 Å². The summed E-state index contributed by atoms with van der Waals surface area (Å²) in [5.74, 6) is -0.238. The number of nitrogens with zero attached hydrogens (tertiary/aromatic N) is 4. The third-order valence-corrected chi connectivity index (χ3v) is 5.45. The van der Waals surface area contributed by atoms with Gasteiger partial charge in [0.2, 0.25) is 5.91 Å². The van der Waals surface area contributed by atoms with Gasteiger partial charge in [-0.3, -0.25) is 19.4 Å². The van der Waals surface area contributed by atoms with E-state index in [2.05, 4.69) is 20.3 Å². The lowest BCUT2D eigenvalue weighted by molar-refractivity contribution is -0.111. The summed E-state index contributed by atoms with van der Waals surface area (Å²) in [6, 6.07) is 7.52. The van der Waals surface area contributed by atoms with Gasteiger partial charge in [-0.05, 0) is 35.4 Å². The van der Waals surface area contributed by atoms with Crippen molar-refractivity contribution in [2.24, 2.45) is 7.05 Å². The first kappa shape index (κ1) is 21.2. The smallest absolute Gasteiger partial charge is 0.248 e. The van der Waals surface area contributed by atoms with Crippen LogP contribution in [0.3, 0.4) is 0 Å². The number of hydrogen-bond donors (Lipinski definition) is 1. The number of halogens is 1. The lowest BCUT2D eigenvalue weighted by Crippen LogP contribution is -2.35. The van der Waals surface area contributed by atoms with Crippen LogP contribution < -0.4 is 5.32 Å². The number of carbonyl (C=O) groups excluding carboxylic acids is 1. The van der Waals surface area contributed by atoms with Gasteiger partial charge in [0.1, 0.15) is 0 Å². The SMILES string of the molecule is Cn1cc(-c2ccncc2C=CC(=O)Nc2ccc(CN3CCOCC3)c(Cl)c2)cn1. The van der Waals surface area contributed by atoms with Crippen molar-refractivity contribution in [2.75, 3.05) is 31.6 Å². The summed E-state index contributed by atoms with van der Waals surface area (Å²) < 4.78 is 7.12. The molecule has 0 atom stereocenters. The van der Waals surface area contributed by atoms with Gasteiger partial charge in [0, 0.05) is 73.2 Å². The average Bonchev–Trinajstić information content (AvgIpc) is 3.21. The fraction of sp³-hybridized carbons (Fsp3) is 0.261. The van der Waals surface area contributed by atoms with Crippen LogP contribution in [0.1, 0.15) is 11.1 Å². The number of pyridine rings is 1. The van der Waals surface area contributed by atoms with Crippen molar-refractivity contribution < 1.29 is 9.53 Å². The van der Waals surface area contributed by atoms with Crippen LogP contribution in [0.15, 0.2) is 55.1 Å². The van der Waals surface area contributed by atoms with Gasteiger partial charge in [-0.2, -0.15) is 5.10 Å². The molecule has 7 nitrogen and oxygen atoms in total. The summed E-state index contributed by atoms with van der Waals surface area (Å²) in [5.41, 5.74) is 4.46. The monoisotopic (exact) mass is 437 g/mol. The number of hydrogen-bond acceptors (Lipinski definition) is 5. The quantitative estimate of drug-likeness (QED) is 0.596. The molecule has 8 heteroatoms. The van der Waals surface area contributed by atoms with Crippen LogP contribution in [0, 0.1) is 0 Å². The van der Waals surface area contributed by atoms with Gasteiger partial charge in [0.05, 0.1) is 19.4 Å². The number of nitrogens with one attached hydrogen (secondary N) is 1. The Kier molecular flexibility index (Phi) is 6.76. The van der Waals surface area contributed by atoms with Crippen molar-refractivity contribution >= 4 is 29.3 Å². The molecular weight excluding hydrogens is 414 g/mol. The van der Waals surface area contributed by atoms with Crippen molar-refractivity contribution in [2.45, 2.75) is 6.54 Å². The normalized spacial score (nSPS) is 14.8. The summed E-state index contributed by atoms with van der Waals surface area (Å²) in [5, 5.41) is 7.71. The second kappa shape index (κ2) is 9.87. The number of anilines is 1. The predicted molar refractivity (Wildman–Crippen MR) is 122 cm³/mol. The van der Waals surface area contributed by atoms with E-state index in [-0.39, 0.29) is 5.91 Å². The Bertz CT molecular complexity index is 1090. The Hall–Kier alpha value is -3.00. The van der Waals surface area contributed by atoms with Crippen molar-refractivity contribution in [3.05, 3.63) is 71.3 Å². The van der Waals surface area contributed by atoms with Crippen LogP contribution in [-0.2, 0) is 23.1 Å². The maximum absolute atomic E-state index is 12.5. The van der Waals surface area contributed by atoms with Gasteiger partial charge in [-0.25, -0.2) is 0 Å². The summed E-state index contributed by atoms with van der Waals surface area (Å²) in [6.45, 7) is 4.06. The summed E-state index contributed by atoms with van der Waals surface area (Å²) in [4.78, 5) is 18.9. The number of carbonyl (C=O) groups is 1. The Morgan fingerprint density at radius 1 is 1.26 bits per heavy atom. The van der Waals surface area contributed by atoms with Gasteiger partial charge < -0.3 is 10.1 Å². The highest BCUT2D eigenvalue weighted by molar-refractivity contribution is 6.31. The molecule has 3 aromatic rings. The van der Waals surface area contributed by atoms with Crippen molar-refractivity contribution in [1.82, 2.24) is 19.7 Å². The first-order valence-corrected chi connectivity index (χ1v) is 10.5. The number of amides is 1. The summed E-state index contributed by atoms with van der Waals surface area (Å²) in [6.07, 6.45) is 10.4. The van der Waals surface area contributed by atoms with E-state index in [4.69, 9.17) is 16.3 Å². The standard InChI is InChI=1S/C23H24ClN5O2/c1-28-15-19(14-26-28)21-6-7-25-13-17(21)3-5-23(30)27-20-4-2-18(22(24)12-20)16-29-8-10-31-11-9-29/h2-7,12-15H,8-11,16H2,1H3,(H,27,30). The van der Waals surface area contributed by atoms with Crippen LogP contribution in [0.2, 0.25) is 5.02 Å². The maximum atomic E-state index is 12.5. The highest BCUT2D eigenvalue weighted by atomic mass is 35.5. The largest absolute Gasteiger partial charge is 0.379 e. The van der Waals surface area contributed by atoms with Crippen LogP contribution in [0.5, 0.6) is 0 Å². The number of aromatic nitrogens is 3. The fourth-order valence-corrected chi connectivity index (χ4v) is 3.71. The molecule has 0 radical (unpaired) electrons.